The summed E-state index contributed by atoms with van der Waals surface area (Å²) in [6.45, 7) is 1.80. The molecule has 0 fully saturated rings. The number of aliphatic imine (C=N–C) groups is 1. The van der Waals surface area contributed by atoms with Gasteiger partial charge in [0.25, 0.3) is 5.56 Å². The summed E-state index contributed by atoms with van der Waals surface area (Å²) in [5.41, 5.74) is 0.399. The molecule has 0 aliphatic rings. The molecule has 136 valence electrons. The number of ether oxygens (including phenoxy) is 1. The van der Waals surface area contributed by atoms with Crippen molar-refractivity contribution in [1.82, 2.24) is 9.38 Å². The second-order valence-corrected chi connectivity index (χ2v) is 5.48. The Balaban J connectivity index is 2.06. The van der Waals surface area contributed by atoms with Gasteiger partial charge in [0.1, 0.15) is 22.7 Å². The average molecular weight is 363 g/mol. The Hall–Kier alpha value is -3.74. The van der Waals surface area contributed by atoms with Gasteiger partial charge in [-0.3, -0.25) is 9.20 Å². The van der Waals surface area contributed by atoms with E-state index >= 15 is 0 Å². The van der Waals surface area contributed by atoms with Crippen molar-refractivity contribution in [3.8, 4) is 0 Å². The Labute approximate surface area is 154 Å². The van der Waals surface area contributed by atoms with Gasteiger partial charge in [-0.05, 0) is 19.1 Å². The molecular weight excluding hydrogens is 346 g/mol. The molecule has 0 atom stereocenters. The Morgan fingerprint density at radius 2 is 1.96 bits per heavy atom. The van der Waals surface area contributed by atoms with Gasteiger partial charge < -0.3 is 9.84 Å². The highest BCUT2D eigenvalue weighted by Crippen LogP contribution is 2.17. The van der Waals surface area contributed by atoms with Crippen LogP contribution in [-0.4, -0.2) is 33.3 Å². The summed E-state index contributed by atoms with van der Waals surface area (Å²) in [5, 5.41) is 10.5. The van der Waals surface area contributed by atoms with Gasteiger partial charge in [0.05, 0.1) is 12.8 Å². The van der Waals surface area contributed by atoms with Crippen molar-refractivity contribution in [3.63, 3.8) is 0 Å². The Bertz CT molecular complexity index is 1090. The summed E-state index contributed by atoms with van der Waals surface area (Å²) >= 11 is 0. The normalized spacial score (nSPS) is 12.2. The number of hydrogen-bond donors (Lipinski definition) is 1. The lowest BCUT2D eigenvalue weighted by Gasteiger charge is -2.07. The fraction of sp³-hybridized carbons (Fsp3) is 0.100. The molecular formula is C20H17N3O4. The quantitative estimate of drug-likeness (QED) is 0.326. The number of pyridine rings is 1. The highest BCUT2D eigenvalue weighted by Gasteiger charge is 2.16. The van der Waals surface area contributed by atoms with Crippen LogP contribution in [0.15, 0.2) is 76.3 Å². The van der Waals surface area contributed by atoms with Crippen molar-refractivity contribution in [2.45, 2.75) is 6.92 Å². The molecule has 3 rings (SSSR count). The summed E-state index contributed by atoms with van der Waals surface area (Å²) in [5.74, 6) is -1.02. The Morgan fingerprint density at radius 1 is 1.22 bits per heavy atom. The molecule has 0 aliphatic carbocycles. The zero-order valence-corrected chi connectivity index (χ0v) is 14.6. The molecule has 0 unspecified atom stereocenters. The van der Waals surface area contributed by atoms with E-state index in [0.29, 0.717) is 11.2 Å². The molecule has 1 N–H and O–H groups in total. The van der Waals surface area contributed by atoms with Gasteiger partial charge in [0.15, 0.2) is 0 Å². The van der Waals surface area contributed by atoms with Gasteiger partial charge in [0, 0.05) is 18.0 Å². The molecule has 1 aromatic carbocycles. The molecule has 2 aromatic heterocycles. The van der Waals surface area contributed by atoms with E-state index in [2.05, 4.69) is 9.98 Å². The molecule has 0 spiro atoms. The highest BCUT2D eigenvalue weighted by molar-refractivity contribution is 6.15. The predicted molar refractivity (Wildman–Crippen MR) is 102 cm³/mol. The van der Waals surface area contributed by atoms with Gasteiger partial charge in [-0.25, -0.2) is 14.8 Å². The van der Waals surface area contributed by atoms with Crippen LogP contribution in [0.4, 0.5) is 5.69 Å². The van der Waals surface area contributed by atoms with Crippen LogP contribution in [0.25, 0.3) is 11.4 Å². The van der Waals surface area contributed by atoms with Crippen molar-refractivity contribution >= 4 is 29.3 Å². The molecule has 0 saturated carbocycles. The molecule has 7 nitrogen and oxygen atoms in total. The van der Waals surface area contributed by atoms with Crippen molar-refractivity contribution in [3.05, 3.63) is 82.4 Å². The number of aromatic nitrogens is 2. The van der Waals surface area contributed by atoms with Gasteiger partial charge in [0.2, 0.25) is 0 Å². The number of benzene rings is 1. The molecule has 0 saturated heterocycles. The maximum Gasteiger partial charge on any atom is 0.343 e. The van der Waals surface area contributed by atoms with Crippen molar-refractivity contribution in [2.24, 2.45) is 4.99 Å². The van der Waals surface area contributed by atoms with E-state index in [0.717, 1.165) is 6.21 Å². The lowest BCUT2D eigenvalue weighted by Crippen LogP contribution is -2.14. The van der Waals surface area contributed by atoms with Crippen LogP contribution in [0, 0.1) is 0 Å². The minimum atomic E-state index is -0.739. The van der Waals surface area contributed by atoms with Crippen LogP contribution in [-0.2, 0) is 9.53 Å². The van der Waals surface area contributed by atoms with E-state index in [1.165, 1.54) is 10.6 Å². The van der Waals surface area contributed by atoms with E-state index < -0.39 is 5.97 Å². The van der Waals surface area contributed by atoms with E-state index in [-0.39, 0.29) is 29.2 Å². The maximum atomic E-state index is 12.5. The highest BCUT2D eigenvalue weighted by atomic mass is 16.5. The number of carbonyl (C=O) groups is 1. The van der Waals surface area contributed by atoms with Gasteiger partial charge in [-0.15, -0.1) is 0 Å². The fourth-order valence-corrected chi connectivity index (χ4v) is 2.41. The minimum absolute atomic E-state index is 0.0290. The van der Waals surface area contributed by atoms with Gasteiger partial charge in [-0.1, -0.05) is 36.4 Å². The summed E-state index contributed by atoms with van der Waals surface area (Å²) in [4.78, 5) is 33.0. The first-order valence-corrected chi connectivity index (χ1v) is 8.28. The molecule has 3 aromatic rings. The largest absolute Gasteiger partial charge is 0.506 e. The molecule has 2 heterocycles. The summed E-state index contributed by atoms with van der Waals surface area (Å²) in [7, 11) is 0. The monoisotopic (exact) mass is 363 g/mol. The SMILES string of the molecule is CCOC(=O)/C(C=Nc1cnc2ccccn2c1=O)=C(/O)c1ccccc1. The first kappa shape index (κ1) is 18.1. The van der Waals surface area contributed by atoms with E-state index in [9.17, 15) is 14.7 Å². The number of nitrogens with zero attached hydrogens (tertiary/aromatic N) is 3. The molecule has 0 radical (unpaired) electrons. The lowest BCUT2D eigenvalue weighted by molar-refractivity contribution is -0.137. The molecule has 0 amide bonds. The van der Waals surface area contributed by atoms with Gasteiger partial charge in [-0.2, -0.15) is 0 Å². The predicted octanol–water partition coefficient (Wildman–Crippen LogP) is 2.93. The lowest BCUT2D eigenvalue weighted by atomic mass is 10.1. The van der Waals surface area contributed by atoms with Crippen LogP contribution in [0.2, 0.25) is 0 Å². The van der Waals surface area contributed by atoms with Crippen LogP contribution in [0.5, 0.6) is 0 Å². The van der Waals surface area contributed by atoms with E-state index in [1.54, 1.807) is 61.7 Å². The van der Waals surface area contributed by atoms with Crippen LogP contribution in [0.1, 0.15) is 12.5 Å². The Morgan fingerprint density at radius 3 is 2.70 bits per heavy atom. The van der Waals surface area contributed by atoms with Crippen LogP contribution < -0.4 is 5.56 Å². The smallest absolute Gasteiger partial charge is 0.343 e. The van der Waals surface area contributed by atoms with Crippen molar-refractivity contribution in [2.75, 3.05) is 6.61 Å². The fourth-order valence-electron chi connectivity index (χ4n) is 2.41. The summed E-state index contributed by atoms with van der Waals surface area (Å²) in [6.07, 6.45) is 4.01. The molecule has 7 heteroatoms. The third-order valence-corrected chi connectivity index (χ3v) is 3.73. The molecule has 0 aliphatic heterocycles. The van der Waals surface area contributed by atoms with Crippen LogP contribution in [0.3, 0.4) is 0 Å². The minimum Gasteiger partial charge on any atom is -0.506 e. The standard InChI is InChI=1S/C20H17N3O4/c1-2-27-20(26)15(18(24)14-8-4-3-5-9-14)12-21-16-13-22-17-10-6-7-11-23(17)19(16)25/h3-13,24H,2H2,1H3/b18-15+,21-12?. The molecule has 27 heavy (non-hydrogen) atoms. The second-order valence-electron chi connectivity index (χ2n) is 5.48. The van der Waals surface area contributed by atoms with E-state index in [4.69, 9.17) is 4.74 Å². The zero-order valence-electron chi connectivity index (χ0n) is 14.6. The summed E-state index contributed by atoms with van der Waals surface area (Å²) in [6, 6.07) is 13.7. The first-order chi connectivity index (χ1) is 13.1. The zero-order chi connectivity index (χ0) is 19.2. The number of aliphatic hydroxyl groups is 1. The summed E-state index contributed by atoms with van der Waals surface area (Å²) < 4.78 is 6.33. The first-order valence-electron chi connectivity index (χ1n) is 8.28. The number of rotatable bonds is 5. The van der Waals surface area contributed by atoms with E-state index in [1.807, 2.05) is 0 Å². The van der Waals surface area contributed by atoms with Crippen molar-refractivity contribution < 1.29 is 14.6 Å². The number of hydrogen-bond acceptors (Lipinski definition) is 6. The third kappa shape index (κ3) is 3.92. The van der Waals surface area contributed by atoms with Crippen molar-refractivity contribution in [1.29, 1.82) is 0 Å². The number of esters is 1. The second kappa shape index (κ2) is 8.09. The maximum absolute atomic E-state index is 12.5. The number of carbonyl (C=O) groups excluding carboxylic acids is 1. The Kier molecular flexibility index (Phi) is 5.41. The number of fused-ring (bicyclic) bond motifs is 1. The number of aliphatic hydroxyl groups excluding tert-OH is 1. The topological polar surface area (TPSA) is 93.3 Å². The van der Waals surface area contributed by atoms with Crippen LogP contribution >= 0.6 is 0 Å². The third-order valence-electron chi connectivity index (χ3n) is 3.73. The average Bonchev–Trinajstić information content (AvgIpc) is 2.70. The molecule has 0 bridgehead atoms. The van der Waals surface area contributed by atoms with Gasteiger partial charge >= 0.3 is 5.97 Å².